The van der Waals surface area contributed by atoms with E-state index in [9.17, 15) is 9.90 Å². The van der Waals surface area contributed by atoms with Crippen LogP contribution in [-0.2, 0) is 4.79 Å². The monoisotopic (exact) mass is 281 g/mol. The van der Waals surface area contributed by atoms with Gasteiger partial charge in [0.15, 0.2) is 0 Å². The molecule has 1 saturated heterocycles. The fourth-order valence-electron chi connectivity index (χ4n) is 3.87. The van der Waals surface area contributed by atoms with Gasteiger partial charge in [-0.2, -0.15) is 0 Å². The summed E-state index contributed by atoms with van der Waals surface area (Å²) in [7, 11) is 0. The van der Waals surface area contributed by atoms with Gasteiger partial charge in [0.1, 0.15) is 5.78 Å². The summed E-state index contributed by atoms with van der Waals surface area (Å²) in [6.07, 6.45) is 4.75. The number of hydrogen-bond acceptors (Lipinski definition) is 3. The molecule has 0 aromatic heterocycles. The van der Waals surface area contributed by atoms with Gasteiger partial charge < -0.3 is 5.11 Å². The molecule has 0 amide bonds. The topological polar surface area (TPSA) is 40.5 Å². The molecule has 3 unspecified atom stereocenters. The van der Waals surface area contributed by atoms with Crippen molar-refractivity contribution in [3.05, 3.63) is 0 Å². The van der Waals surface area contributed by atoms with Crippen LogP contribution in [0.15, 0.2) is 0 Å². The maximum absolute atomic E-state index is 12.2. The van der Waals surface area contributed by atoms with Gasteiger partial charge >= 0.3 is 0 Å². The Hall–Kier alpha value is -0.410. The number of aliphatic hydroxyl groups is 1. The Balaban J connectivity index is 1.95. The van der Waals surface area contributed by atoms with Crippen LogP contribution < -0.4 is 0 Å². The Labute approximate surface area is 123 Å². The summed E-state index contributed by atoms with van der Waals surface area (Å²) in [5.74, 6) is 1.27. The Morgan fingerprint density at radius 3 is 2.70 bits per heavy atom. The minimum absolute atomic E-state index is 0.182. The average molecular weight is 281 g/mol. The van der Waals surface area contributed by atoms with E-state index in [0.717, 1.165) is 51.7 Å². The molecule has 3 nitrogen and oxygen atoms in total. The van der Waals surface area contributed by atoms with Gasteiger partial charge in [0.2, 0.25) is 0 Å². The maximum Gasteiger partial charge on any atom is 0.137 e. The highest BCUT2D eigenvalue weighted by Gasteiger charge is 2.37. The zero-order chi connectivity index (χ0) is 15.0. The van der Waals surface area contributed by atoms with Crippen LogP contribution >= 0.6 is 0 Å². The van der Waals surface area contributed by atoms with E-state index in [2.05, 4.69) is 25.7 Å². The normalized spacial score (nSPS) is 37.1. The lowest BCUT2D eigenvalue weighted by Crippen LogP contribution is -2.49. The first-order valence-electron chi connectivity index (χ1n) is 8.15. The minimum atomic E-state index is -0.570. The SMILES string of the molecule is CC1(O)CCCN(CC2CC(C(C)(C)C)CCC2=O)C1. The van der Waals surface area contributed by atoms with Crippen molar-refractivity contribution in [1.29, 1.82) is 0 Å². The molecule has 0 aromatic carbocycles. The highest BCUT2D eigenvalue weighted by atomic mass is 16.3. The van der Waals surface area contributed by atoms with Gasteiger partial charge in [-0.15, -0.1) is 0 Å². The van der Waals surface area contributed by atoms with E-state index in [-0.39, 0.29) is 5.92 Å². The molecule has 3 heteroatoms. The van der Waals surface area contributed by atoms with Crippen LogP contribution in [0.25, 0.3) is 0 Å². The number of carbonyl (C=O) groups excluding carboxylic acids is 1. The van der Waals surface area contributed by atoms with E-state index in [1.54, 1.807) is 0 Å². The van der Waals surface area contributed by atoms with E-state index in [1.807, 2.05) is 6.92 Å². The van der Waals surface area contributed by atoms with E-state index in [0.29, 0.717) is 17.1 Å². The fourth-order valence-corrected chi connectivity index (χ4v) is 3.87. The molecule has 0 radical (unpaired) electrons. The molecule has 2 rings (SSSR count). The van der Waals surface area contributed by atoms with Crippen molar-refractivity contribution in [3.63, 3.8) is 0 Å². The third-order valence-corrected chi connectivity index (χ3v) is 5.22. The largest absolute Gasteiger partial charge is 0.389 e. The zero-order valence-corrected chi connectivity index (χ0v) is 13.6. The number of likely N-dealkylation sites (tertiary alicyclic amines) is 1. The summed E-state index contributed by atoms with van der Waals surface area (Å²) in [4.78, 5) is 14.5. The molecule has 1 aliphatic heterocycles. The number of Topliss-reactive ketones (excluding diaryl/α,β-unsaturated/α-hetero) is 1. The second-order valence-electron chi connectivity index (χ2n) is 8.34. The first-order chi connectivity index (χ1) is 9.17. The van der Waals surface area contributed by atoms with Crippen LogP contribution in [-0.4, -0.2) is 41.0 Å². The zero-order valence-electron chi connectivity index (χ0n) is 13.6. The van der Waals surface area contributed by atoms with Gasteiger partial charge in [0.25, 0.3) is 0 Å². The second-order valence-corrected chi connectivity index (χ2v) is 8.34. The molecule has 0 bridgehead atoms. The molecular weight excluding hydrogens is 250 g/mol. The number of carbonyl (C=O) groups is 1. The summed E-state index contributed by atoms with van der Waals surface area (Å²) >= 11 is 0. The van der Waals surface area contributed by atoms with E-state index in [4.69, 9.17) is 0 Å². The van der Waals surface area contributed by atoms with Crippen molar-refractivity contribution in [2.24, 2.45) is 17.3 Å². The number of hydrogen-bond donors (Lipinski definition) is 1. The van der Waals surface area contributed by atoms with Gasteiger partial charge in [0.05, 0.1) is 5.60 Å². The van der Waals surface area contributed by atoms with Crippen LogP contribution in [0.5, 0.6) is 0 Å². The number of nitrogens with zero attached hydrogens (tertiary/aromatic N) is 1. The van der Waals surface area contributed by atoms with Crippen LogP contribution in [0.2, 0.25) is 0 Å². The van der Waals surface area contributed by atoms with Gasteiger partial charge in [-0.1, -0.05) is 20.8 Å². The van der Waals surface area contributed by atoms with Crippen molar-refractivity contribution in [3.8, 4) is 0 Å². The standard InChI is InChI=1S/C17H31NO2/c1-16(2,3)14-6-7-15(19)13(10-14)11-18-9-5-8-17(4,20)12-18/h13-14,20H,5-12H2,1-4H3. The average Bonchev–Trinajstić information content (AvgIpc) is 2.29. The highest BCUT2D eigenvalue weighted by Crippen LogP contribution is 2.39. The van der Waals surface area contributed by atoms with Gasteiger partial charge in [0, 0.05) is 25.4 Å². The number of ketones is 1. The van der Waals surface area contributed by atoms with Gasteiger partial charge in [-0.3, -0.25) is 9.69 Å². The van der Waals surface area contributed by atoms with Crippen LogP contribution in [0.1, 0.15) is 59.8 Å². The summed E-state index contributed by atoms with van der Waals surface area (Å²) < 4.78 is 0. The number of rotatable bonds is 2. The van der Waals surface area contributed by atoms with Crippen molar-refractivity contribution in [1.82, 2.24) is 4.90 Å². The molecule has 116 valence electrons. The molecule has 1 saturated carbocycles. The first-order valence-corrected chi connectivity index (χ1v) is 8.15. The lowest BCUT2D eigenvalue weighted by Gasteiger charge is -2.41. The van der Waals surface area contributed by atoms with Gasteiger partial charge in [-0.05, 0) is 50.5 Å². The molecule has 0 aromatic rings. The Morgan fingerprint density at radius 1 is 1.40 bits per heavy atom. The summed E-state index contributed by atoms with van der Waals surface area (Å²) in [5.41, 5.74) is -0.272. The molecule has 2 aliphatic rings. The van der Waals surface area contributed by atoms with Gasteiger partial charge in [-0.25, -0.2) is 0 Å². The van der Waals surface area contributed by atoms with Crippen LogP contribution in [0.4, 0.5) is 0 Å². The Kier molecular flexibility index (Phi) is 4.60. The number of β-amino-alcohol motifs (C(OH)–C–C–N with tert-alkyl or cyclic N) is 1. The molecule has 1 aliphatic carbocycles. The summed E-state index contributed by atoms with van der Waals surface area (Å²) in [6.45, 7) is 11.4. The predicted octanol–water partition coefficient (Wildman–Crippen LogP) is 2.86. The third kappa shape index (κ3) is 4.05. The number of piperidine rings is 1. The Morgan fingerprint density at radius 2 is 2.10 bits per heavy atom. The molecule has 1 heterocycles. The highest BCUT2D eigenvalue weighted by molar-refractivity contribution is 5.82. The lowest BCUT2D eigenvalue weighted by molar-refractivity contribution is -0.128. The van der Waals surface area contributed by atoms with Crippen LogP contribution in [0.3, 0.4) is 0 Å². The van der Waals surface area contributed by atoms with Crippen molar-refractivity contribution < 1.29 is 9.90 Å². The summed E-state index contributed by atoms with van der Waals surface area (Å²) in [6, 6.07) is 0. The minimum Gasteiger partial charge on any atom is -0.389 e. The van der Waals surface area contributed by atoms with Crippen molar-refractivity contribution in [2.45, 2.75) is 65.4 Å². The molecule has 2 fully saturated rings. The van der Waals surface area contributed by atoms with Crippen molar-refractivity contribution in [2.75, 3.05) is 19.6 Å². The maximum atomic E-state index is 12.2. The quantitative estimate of drug-likeness (QED) is 0.846. The Bertz CT molecular complexity index is 356. The predicted molar refractivity (Wildman–Crippen MR) is 81.6 cm³/mol. The third-order valence-electron chi connectivity index (χ3n) is 5.22. The molecule has 20 heavy (non-hydrogen) atoms. The molecule has 0 spiro atoms. The van der Waals surface area contributed by atoms with E-state index in [1.165, 1.54) is 0 Å². The van der Waals surface area contributed by atoms with Crippen molar-refractivity contribution >= 4 is 5.78 Å². The molecular formula is C17H31NO2. The first kappa shape index (κ1) is 16.0. The second kappa shape index (κ2) is 5.76. The molecule has 3 atom stereocenters. The summed E-state index contributed by atoms with van der Waals surface area (Å²) in [5, 5.41) is 10.2. The smallest absolute Gasteiger partial charge is 0.137 e. The lowest BCUT2D eigenvalue weighted by atomic mass is 9.68. The fraction of sp³-hybridized carbons (Fsp3) is 0.941. The van der Waals surface area contributed by atoms with E-state index >= 15 is 0 Å². The van der Waals surface area contributed by atoms with E-state index < -0.39 is 5.60 Å². The molecule has 1 N–H and O–H groups in total. The van der Waals surface area contributed by atoms with Crippen LogP contribution in [0, 0.1) is 17.3 Å².